The molecule has 0 aromatic heterocycles. The summed E-state index contributed by atoms with van der Waals surface area (Å²) in [6.07, 6.45) is -0.733. The fourth-order valence-corrected chi connectivity index (χ4v) is 2.45. The van der Waals surface area contributed by atoms with Crippen LogP contribution in [-0.4, -0.2) is 37.4 Å². The first kappa shape index (κ1) is 17.7. The maximum absolute atomic E-state index is 12.2. The molecule has 0 aliphatic heterocycles. The third kappa shape index (κ3) is 4.42. The molecule has 2 rings (SSSR count). The van der Waals surface area contributed by atoms with Crippen molar-refractivity contribution < 1.29 is 14.6 Å². The third-order valence-electron chi connectivity index (χ3n) is 3.65. The summed E-state index contributed by atoms with van der Waals surface area (Å²) in [5, 5.41) is 21.2. The Hall–Kier alpha value is -2.68. The zero-order chi connectivity index (χ0) is 17.5. The van der Waals surface area contributed by atoms with Crippen LogP contribution in [0.5, 0.6) is 0 Å². The molecule has 0 unspecified atom stereocenters. The van der Waals surface area contributed by atoms with E-state index < -0.39 is 6.10 Å². The Balaban J connectivity index is 2.17. The van der Waals surface area contributed by atoms with E-state index in [2.05, 4.69) is 11.4 Å². The minimum Gasteiger partial charge on any atom is -0.389 e. The minimum absolute atomic E-state index is 0.132. The predicted octanol–water partition coefficient (Wildman–Crippen LogP) is 2.27. The molecule has 1 atom stereocenters. The molecular formula is C19H20N2O3. The Morgan fingerprint density at radius 1 is 1.33 bits per heavy atom. The molecule has 1 amide bonds. The molecule has 0 saturated carbocycles. The molecule has 0 spiro atoms. The van der Waals surface area contributed by atoms with Gasteiger partial charge in [0.15, 0.2) is 0 Å². The quantitative estimate of drug-likeness (QED) is 0.854. The number of amides is 1. The highest BCUT2D eigenvalue weighted by Gasteiger charge is 2.11. The highest BCUT2D eigenvalue weighted by Crippen LogP contribution is 2.25. The van der Waals surface area contributed by atoms with Crippen molar-refractivity contribution in [2.75, 3.05) is 20.3 Å². The third-order valence-corrected chi connectivity index (χ3v) is 3.65. The lowest BCUT2D eigenvalue weighted by Gasteiger charge is -2.12. The van der Waals surface area contributed by atoms with Crippen LogP contribution in [0.3, 0.4) is 0 Å². The molecule has 24 heavy (non-hydrogen) atoms. The first-order valence-electron chi connectivity index (χ1n) is 7.61. The van der Waals surface area contributed by atoms with E-state index in [4.69, 9.17) is 10.00 Å². The number of aliphatic hydroxyl groups excluding tert-OH is 1. The molecule has 0 aliphatic carbocycles. The number of nitrogens with one attached hydrogen (secondary N) is 1. The standard InChI is InChI=1S/C19H20N2O3/c1-13-8-14(10-20)6-7-18(13)15-4-3-5-16(9-15)19(23)21-11-17(22)12-24-2/h3-9,17,22H,11-12H2,1-2H3,(H,21,23)/t17-/m1/s1. The topological polar surface area (TPSA) is 82.3 Å². The Labute approximate surface area is 141 Å². The summed E-state index contributed by atoms with van der Waals surface area (Å²) >= 11 is 0. The molecule has 0 aliphatic rings. The number of nitrogens with zero attached hydrogens (tertiary/aromatic N) is 1. The minimum atomic E-state index is -0.733. The molecule has 0 fully saturated rings. The van der Waals surface area contributed by atoms with Crippen LogP contribution in [-0.2, 0) is 4.74 Å². The summed E-state index contributed by atoms with van der Waals surface area (Å²) in [6, 6.07) is 14.8. The van der Waals surface area contributed by atoms with Gasteiger partial charge in [-0.05, 0) is 47.9 Å². The molecule has 0 bridgehead atoms. The van der Waals surface area contributed by atoms with E-state index >= 15 is 0 Å². The molecular weight excluding hydrogens is 304 g/mol. The van der Waals surface area contributed by atoms with Gasteiger partial charge in [-0.15, -0.1) is 0 Å². The van der Waals surface area contributed by atoms with Gasteiger partial charge < -0.3 is 15.2 Å². The van der Waals surface area contributed by atoms with Gasteiger partial charge in [-0.2, -0.15) is 5.26 Å². The average molecular weight is 324 g/mol. The number of benzene rings is 2. The number of hydrogen-bond donors (Lipinski definition) is 2. The molecule has 0 saturated heterocycles. The fraction of sp³-hybridized carbons (Fsp3) is 0.263. The van der Waals surface area contributed by atoms with Crippen LogP contribution in [0.2, 0.25) is 0 Å². The van der Waals surface area contributed by atoms with Crippen LogP contribution in [0.25, 0.3) is 11.1 Å². The number of aliphatic hydroxyl groups is 1. The van der Waals surface area contributed by atoms with E-state index in [1.807, 2.05) is 31.2 Å². The Morgan fingerprint density at radius 3 is 2.79 bits per heavy atom. The molecule has 5 heteroatoms. The van der Waals surface area contributed by atoms with E-state index in [-0.39, 0.29) is 19.1 Å². The number of methoxy groups -OCH3 is 1. The zero-order valence-electron chi connectivity index (χ0n) is 13.7. The van der Waals surface area contributed by atoms with Crippen LogP contribution >= 0.6 is 0 Å². The van der Waals surface area contributed by atoms with Gasteiger partial charge in [0.1, 0.15) is 0 Å². The first-order chi connectivity index (χ1) is 11.5. The summed E-state index contributed by atoms with van der Waals surface area (Å²) in [5.41, 5.74) is 3.98. The van der Waals surface area contributed by atoms with Gasteiger partial charge in [-0.3, -0.25) is 4.79 Å². The van der Waals surface area contributed by atoms with Crippen LogP contribution in [0.4, 0.5) is 0 Å². The average Bonchev–Trinajstić information content (AvgIpc) is 2.59. The van der Waals surface area contributed by atoms with Crippen LogP contribution in [0, 0.1) is 18.3 Å². The molecule has 2 aromatic carbocycles. The summed E-state index contributed by atoms with van der Waals surface area (Å²) in [4.78, 5) is 12.2. The second kappa shape index (κ2) is 8.25. The van der Waals surface area contributed by atoms with Crippen molar-refractivity contribution in [2.45, 2.75) is 13.0 Å². The number of ether oxygens (including phenoxy) is 1. The van der Waals surface area contributed by atoms with Crippen molar-refractivity contribution in [3.05, 3.63) is 59.2 Å². The van der Waals surface area contributed by atoms with Gasteiger partial charge in [0.2, 0.25) is 0 Å². The number of aryl methyl sites for hydroxylation is 1. The van der Waals surface area contributed by atoms with Gasteiger partial charge in [0, 0.05) is 19.2 Å². The molecule has 5 nitrogen and oxygen atoms in total. The van der Waals surface area contributed by atoms with Crippen molar-refractivity contribution >= 4 is 5.91 Å². The monoisotopic (exact) mass is 324 g/mol. The van der Waals surface area contributed by atoms with Gasteiger partial charge in [0.05, 0.1) is 24.3 Å². The molecule has 0 heterocycles. The number of carbonyl (C=O) groups excluding carboxylic acids is 1. The van der Waals surface area contributed by atoms with Crippen molar-refractivity contribution in [3.8, 4) is 17.2 Å². The smallest absolute Gasteiger partial charge is 0.251 e. The summed E-state index contributed by atoms with van der Waals surface area (Å²) in [6.45, 7) is 2.24. The number of rotatable bonds is 6. The Kier molecular flexibility index (Phi) is 6.07. The van der Waals surface area contributed by atoms with Crippen LogP contribution < -0.4 is 5.32 Å². The van der Waals surface area contributed by atoms with Crippen molar-refractivity contribution in [2.24, 2.45) is 0 Å². The highest BCUT2D eigenvalue weighted by atomic mass is 16.5. The molecule has 2 aromatic rings. The highest BCUT2D eigenvalue weighted by molar-refractivity contribution is 5.95. The van der Waals surface area contributed by atoms with Gasteiger partial charge >= 0.3 is 0 Å². The van der Waals surface area contributed by atoms with E-state index in [9.17, 15) is 9.90 Å². The molecule has 0 radical (unpaired) electrons. The lowest BCUT2D eigenvalue weighted by atomic mass is 9.97. The van der Waals surface area contributed by atoms with Gasteiger partial charge in [-0.1, -0.05) is 18.2 Å². The summed E-state index contributed by atoms with van der Waals surface area (Å²) < 4.78 is 4.83. The second-order valence-corrected chi connectivity index (χ2v) is 5.54. The number of nitriles is 1. The van der Waals surface area contributed by atoms with Crippen LogP contribution in [0.1, 0.15) is 21.5 Å². The lowest BCUT2D eigenvalue weighted by Crippen LogP contribution is -2.34. The van der Waals surface area contributed by atoms with Crippen molar-refractivity contribution in [1.82, 2.24) is 5.32 Å². The van der Waals surface area contributed by atoms with Gasteiger partial charge in [-0.25, -0.2) is 0 Å². The number of carbonyl (C=O) groups is 1. The normalized spacial score (nSPS) is 11.6. The van der Waals surface area contributed by atoms with E-state index in [0.717, 1.165) is 16.7 Å². The van der Waals surface area contributed by atoms with E-state index in [1.54, 1.807) is 18.2 Å². The lowest BCUT2D eigenvalue weighted by molar-refractivity contribution is 0.0610. The maximum Gasteiger partial charge on any atom is 0.251 e. The Morgan fingerprint density at radius 2 is 2.12 bits per heavy atom. The number of hydrogen-bond acceptors (Lipinski definition) is 4. The fourth-order valence-electron chi connectivity index (χ4n) is 2.45. The SMILES string of the molecule is COC[C@H](O)CNC(=O)c1cccc(-c2ccc(C#N)cc2C)c1. The van der Waals surface area contributed by atoms with Crippen molar-refractivity contribution in [3.63, 3.8) is 0 Å². The van der Waals surface area contributed by atoms with Gasteiger partial charge in [0.25, 0.3) is 5.91 Å². The van der Waals surface area contributed by atoms with E-state index in [0.29, 0.717) is 11.1 Å². The zero-order valence-corrected chi connectivity index (χ0v) is 13.7. The largest absolute Gasteiger partial charge is 0.389 e. The Bertz CT molecular complexity index is 765. The second-order valence-electron chi connectivity index (χ2n) is 5.54. The first-order valence-corrected chi connectivity index (χ1v) is 7.61. The predicted molar refractivity (Wildman–Crippen MR) is 91.5 cm³/mol. The summed E-state index contributed by atoms with van der Waals surface area (Å²) in [5.74, 6) is -0.252. The van der Waals surface area contributed by atoms with E-state index in [1.165, 1.54) is 7.11 Å². The van der Waals surface area contributed by atoms with Crippen LogP contribution in [0.15, 0.2) is 42.5 Å². The molecule has 124 valence electrons. The summed E-state index contributed by atoms with van der Waals surface area (Å²) in [7, 11) is 1.49. The molecule has 2 N–H and O–H groups in total. The van der Waals surface area contributed by atoms with Crippen molar-refractivity contribution in [1.29, 1.82) is 5.26 Å². The maximum atomic E-state index is 12.2.